The Morgan fingerprint density at radius 3 is 2.41 bits per heavy atom. The van der Waals surface area contributed by atoms with Crippen molar-refractivity contribution in [3.63, 3.8) is 0 Å². The molecule has 10 heteroatoms. The Morgan fingerprint density at radius 1 is 1.09 bits per heavy atom. The zero-order valence-corrected chi connectivity index (χ0v) is 19.4. The van der Waals surface area contributed by atoms with Gasteiger partial charge in [0, 0.05) is 29.2 Å². The fraction of sp³-hybridized carbons (Fsp3) is 0.125. The lowest BCUT2D eigenvalue weighted by atomic mass is 10.1. The van der Waals surface area contributed by atoms with Gasteiger partial charge in [0.05, 0.1) is 17.7 Å². The van der Waals surface area contributed by atoms with Crippen LogP contribution in [0.3, 0.4) is 0 Å². The number of hydrogen-bond acceptors (Lipinski definition) is 6. The minimum Gasteiger partial charge on any atom is -0.495 e. The molecule has 172 valence electrons. The van der Waals surface area contributed by atoms with Gasteiger partial charge in [-0.1, -0.05) is 12.1 Å². The summed E-state index contributed by atoms with van der Waals surface area (Å²) in [6.07, 6.45) is 1.52. The van der Waals surface area contributed by atoms with Crippen molar-refractivity contribution < 1.29 is 19.2 Å². The number of carbonyl (C=O) groups is 2. The molecule has 0 saturated carbocycles. The van der Waals surface area contributed by atoms with Gasteiger partial charge in [-0.15, -0.1) is 0 Å². The maximum atomic E-state index is 13.4. The van der Waals surface area contributed by atoms with Gasteiger partial charge < -0.3 is 9.30 Å². The molecule has 0 spiro atoms. The molecular weight excluding hydrogens is 456 g/mol. The van der Waals surface area contributed by atoms with Gasteiger partial charge in [0.15, 0.2) is 5.11 Å². The first-order valence-corrected chi connectivity index (χ1v) is 10.6. The maximum Gasteiger partial charge on any atom is 0.270 e. The second-order valence-corrected chi connectivity index (χ2v) is 7.95. The summed E-state index contributed by atoms with van der Waals surface area (Å²) in [7, 11) is 1.48. The lowest BCUT2D eigenvalue weighted by molar-refractivity contribution is -0.384. The topological polar surface area (TPSA) is 107 Å². The van der Waals surface area contributed by atoms with E-state index < -0.39 is 16.7 Å². The van der Waals surface area contributed by atoms with E-state index in [-0.39, 0.29) is 16.4 Å². The Balaban J connectivity index is 1.75. The van der Waals surface area contributed by atoms with Gasteiger partial charge in [-0.05, 0) is 68.0 Å². The Labute approximate surface area is 200 Å². The van der Waals surface area contributed by atoms with Crippen LogP contribution in [0.2, 0.25) is 0 Å². The molecule has 0 radical (unpaired) electrons. The Hall–Kier alpha value is -4.31. The molecule has 1 aliphatic heterocycles. The molecule has 0 atom stereocenters. The predicted molar refractivity (Wildman–Crippen MR) is 131 cm³/mol. The molecule has 1 fully saturated rings. The van der Waals surface area contributed by atoms with Gasteiger partial charge in [0.2, 0.25) is 0 Å². The van der Waals surface area contributed by atoms with Crippen molar-refractivity contribution >= 4 is 46.6 Å². The number of nitro benzene ring substituents is 1. The van der Waals surface area contributed by atoms with Crippen LogP contribution in [-0.2, 0) is 9.59 Å². The summed E-state index contributed by atoms with van der Waals surface area (Å²) in [4.78, 5) is 37.8. The first kappa shape index (κ1) is 22.9. The van der Waals surface area contributed by atoms with Crippen molar-refractivity contribution in [2.45, 2.75) is 13.8 Å². The smallest absolute Gasteiger partial charge is 0.270 e. The van der Waals surface area contributed by atoms with Crippen LogP contribution >= 0.6 is 12.2 Å². The van der Waals surface area contributed by atoms with E-state index in [1.54, 1.807) is 36.4 Å². The molecule has 34 heavy (non-hydrogen) atoms. The number of nitrogens with one attached hydrogen (secondary N) is 1. The van der Waals surface area contributed by atoms with Crippen molar-refractivity contribution in [3.8, 4) is 11.4 Å². The third-order valence-electron chi connectivity index (χ3n) is 5.52. The molecule has 1 saturated heterocycles. The van der Waals surface area contributed by atoms with Crippen LogP contribution in [-0.4, -0.2) is 33.5 Å². The number of ether oxygens (including phenoxy) is 1. The number of amides is 2. The number of para-hydroxylation sites is 2. The standard InChI is InChI=1S/C24H20N4O5S/c1-14-12-16(15(2)26(14)17-8-10-18(11-9-17)28(31)32)13-19-22(29)25-24(34)27(23(19)30)20-6-4-5-7-21(20)33-3/h4-13H,1-3H3,(H,25,29,34)/b19-13-. The van der Waals surface area contributed by atoms with E-state index in [4.69, 9.17) is 17.0 Å². The minimum atomic E-state index is -0.596. The molecule has 2 heterocycles. The maximum absolute atomic E-state index is 13.4. The van der Waals surface area contributed by atoms with Crippen molar-refractivity contribution in [3.05, 3.63) is 87.2 Å². The van der Waals surface area contributed by atoms with Gasteiger partial charge in [-0.2, -0.15) is 0 Å². The molecule has 1 aromatic heterocycles. The van der Waals surface area contributed by atoms with E-state index in [0.717, 1.165) is 17.1 Å². The fourth-order valence-corrected chi connectivity index (χ4v) is 4.17. The zero-order valence-electron chi connectivity index (χ0n) is 18.6. The molecule has 3 aromatic rings. The summed E-state index contributed by atoms with van der Waals surface area (Å²) in [5, 5.41) is 13.5. The summed E-state index contributed by atoms with van der Waals surface area (Å²) in [6, 6.07) is 14.9. The number of hydrogen-bond donors (Lipinski definition) is 1. The number of carbonyl (C=O) groups excluding carboxylic acids is 2. The van der Waals surface area contributed by atoms with Crippen molar-refractivity contribution in [2.24, 2.45) is 0 Å². The van der Waals surface area contributed by atoms with Crippen LogP contribution in [0.4, 0.5) is 11.4 Å². The quantitative estimate of drug-likeness (QED) is 0.197. The van der Waals surface area contributed by atoms with Crippen LogP contribution < -0.4 is 15.0 Å². The fourth-order valence-electron chi connectivity index (χ4n) is 3.90. The van der Waals surface area contributed by atoms with Crippen LogP contribution in [0.25, 0.3) is 11.8 Å². The van der Waals surface area contributed by atoms with Gasteiger partial charge in [-0.3, -0.25) is 25.0 Å². The Bertz CT molecular complexity index is 1370. The number of aryl methyl sites for hydroxylation is 1. The molecule has 9 nitrogen and oxygen atoms in total. The highest BCUT2D eigenvalue weighted by Gasteiger charge is 2.36. The molecule has 0 bridgehead atoms. The number of thiocarbonyl (C=S) groups is 1. The summed E-state index contributed by atoms with van der Waals surface area (Å²) < 4.78 is 7.25. The first-order valence-electron chi connectivity index (χ1n) is 10.2. The molecule has 0 aliphatic carbocycles. The predicted octanol–water partition coefficient (Wildman–Crippen LogP) is 3.84. The number of rotatable bonds is 5. The SMILES string of the molecule is COc1ccccc1N1C(=O)/C(=C\c2cc(C)n(-c3ccc([N+](=O)[O-])cc3)c2C)C(=O)NC1=S. The number of nitro groups is 1. The highest BCUT2D eigenvalue weighted by atomic mass is 32.1. The molecule has 4 rings (SSSR count). The van der Waals surface area contributed by atoms with E-state index in [0.29, 0.717) is 17.0 Å². The molecule has 1 aliphatic rings. The van der Waals surface area contributed by atoms with Crippen molar-refractivity contribution in [1.29, 1.82) is 0 Å². The summed E-state index contributed by atoms with van der Waals surface area (Å²) in [5.41, 5.74) is 3.30. The highest BCUT2D eigenvalue weighted by Crippen LogP contribution is 2.31. The number of benzene rings is 2. The molecule has 2 aromatic carbocycles. The third kappa shape index (κ3) is 3.95. The van der Waals surface area contributed by atoms with E-state index >= 15 is 0 Å². The van der Waals surface area contributed by atoms with Crippen LogP contribution in [0.5, 0.6) is 5.75 Å². The van der Waals surface area contributed by atoms with E-state index in [1.807, 2.05) is 24.5 Å². The normalized spacial score (nSPS) is 15.0. The number of methoxy groups -OCH3 is 1. The van der Waals surface area contributed by atoms with Gasteiger partial charge in [-0.25, -0.2) is 4.90 Å². The second kappa shape index (κ2) is 8.91. The van der Waals surface area contributed by atoms with E-state index in [9.17, 15) is 19.7 Å². The minimum absolute atomic E-state index is 0.00886. The van der Waals surface area contributed by atoms with Crippen LogP contribution in [0.1, 0.15) is 17.0 Å². The number of aromatic nitrogens is 1. The molecule has 0 unspecified atom stereocenters. The Morgan fingerprint density at radius 2 is 1.76 bits per heavy atom. The average molecular weight is 477 g/mol. The number of anilines is 1. The van der Waals surface area contributed by atoms with E-state index in [2.05, 4.69) is 5.32 Å². The monoisotopic (exact) mass is 476 g/mol. The zero-order chi connectivity index (χ0) is 24.6. The lowest BCUT2D eigenvalue weighted by Gasteiger charge is -2.29. The van der Waals surface area contributed by atoms with Gasteiger partial charge in [0.1, 0.15) is 11.3 Å². The van der Waals surface area contributed by atoms with Gasteiger partial charge in [0.25, 0.3) is 17.5 Å². The summed E-state index contributed by atoms with van der Waals surface area (Å²) in [6.45, 7) is 3.71. The summed E-state index contributed by atoms with van der Waals surface area (Å²) in [5.74, 6) is -0.732. The number of non-ortho nitro benzene ring substituents is 1. The first-order chi connectivity index (χ1) is 16.2. The highest BCUT2D eigenvalue weighted by molar-refractivity contribution is 7.80. The van der Waals surface area contributed by atoms with Crippen molar-refractivity contribution in [1.82, 2.24) is 9.88 Å². The molecule has 1 N–H and O–H groups in total. The van der Waals surface area contributed by atoms with Gasteiger partial charge >= 0.3 is 0 Å². The number of nitrogens with zero attached hydrogens (tertiary/aromatic N) is 3. The van der Waals surface area contributed by atoms with Crippen molar-refractivity contribution in [2.75, 3.05) is 12.0 Å². The second-order valence-electron chi connectivity index (χ2n) is 7.57. The Kier molecular flexibility index (Phi) is 5.99. The summed E-state index contributed by atoms with van der Waals surface area (Å²) >= 11 is 5.27. The largest absolute Gasteiger partial charge is 0.495 e. The van der Waals surface area contributed by atoms with Crippen LogP contribution in [0, 0.1) is 24.0 Å². The molecule has 2 amide bonds. The molecular formula is C24H20N4O5S. The van der Waals surface area contributed by atoms with E-state index in [1.165, 1.54) is 30.2 Å². The van der Waals surface area contributed by atoms with Crippen LogP contribution in [0.15, 0.2) is 60.2 Å². The average Bonchev–Trinajstić information content (AvgIpc) is 3.09. The third-order valence-corrected chi connectivity index (χ3v) is 5.80. The lowest BCUT2D eigenvalue weighted by Crippen LogP contribution is -2.54.